The summed E-state index contributed by atoms with van der Waals surface area (Å²) in [6.07, 6.45) is 3.03. The zero-order chi connectivity index (χ0) is 35.1. The Morgan fingerprint density at radius 2 is 1.61 bits per heavy atom. The second-order valence-corrected chi connectivity index (χ2v) is 17.0. The number of hydrogen-bond donors (Lipinski definition) is 0. The van der Waals surface area contributed by atoms with Crippen LogP contribution >= 0.6 is 23.2 Å². The molecule has 3 aromatic rings. The molecule has 3 aromatic carbocycles. The molecule has 1 unspecified atom stereocenters. The summed E-state index contributed by atoms with van der Waals surface area (Å²) in [4.78, 5) is 27.2. The van der Waals surface area contributed by atoms with E-state index in [-0.39, 0.29) is 17.8 Å². The monoisotopic (exact) mass is 724 g/mol. The van der Waals surface area contributed by atoms with Crippen molar-refractivity contribution in [1.29, 1.82) is 0 Å². The Hall–Kier alpha value is -3.11. The Labute approximate surface area is 301 Å². The zero-order valence-electron chi connectivity index (χ0n) is 29.0. The number of carbonyl (C=O) groups is 1. The molecular weight excluding hydrogens is 679 g/mol. The van der Waals surface area contributed by atoms with Gasteiger partial charge in [0.25, 0.3) is 0 Å². The summed E-state index contributed by atoms with van der Waals surface area (Å²) < 4.78 is 30.1. The van der Waals surface area contributed by atoms with E-state index in [1.165, 1.54) is 6.26 Å². The van der Waals surface area contributed by atoms with Crippen molar-refractivity contribution in [3.8, 4) is 5.75 Å². The average molecular weight is 726 g/mol. The zero-order valence-corrected chi connectivity index (χ0v) is 31.3. The Morgan fingerprint density at radius 1 is 0.959 bits per heavy atom. The predicted molar refractivity (Wildman–Crippen MR) is 198 cm³/mol. The number of urea groups is 1. The molecule has 0 saturated carbocycles. The van der Waals surface area contributed by atoms with Gasteiger partial charge in [-0.05, 0) is 91.7 Å². The number of ether oxygens (including phenoxy) is 1. The van der Waals surface area contributed by atoms with Gasteiger partial charge in [0.05, 0.1) is 17.9 Å². The van der Waals surface area contributed by atoms with E-state index >= 15 is 4.79 Å². The number of aliphatic imine (C=N–C) groups is 1. The molecule has 2 fully saturated rings. The van der Waals surface area contributed by atoms with Crippen LogP contribution in [0.4, 0.5) is 4.79 Å². The number of rotatable bonds is 11. The molecule has 262 valence electrons. The molecule has 3 aliphatic rings. The summed E-state index contributed by atoms with van der Waals surface area (Å²) in [6, 6.07) is 21.7. The molecule has 3 atom stereocenters. The van der Waals surface area contributed by atoms with E-state index in [4.69, 9.17) is 32.9 Å². The highest BCUT2D eigenvalue weighted by Crippen LogP contribution is 2.60. The van der Waals surface area contributed by atoms with Gasteiger partial charge in [-0.25, -0.2) is 13.2 Å². The number of amidine groups is 1. The molecule has 11 heteroatoms. The number of amides is 2. The van der Waals surface area contributed by atoms with Gasteiger partial charge < -0.3 is 9.64 Å². The lowest BCUT2D eigenvalue weighted by Crippen LogP contribution is -2.71. The van der Waals surface area contributed by atoms with Crippen LogP contribution < -0.4 is 4.74 Å². The van der Waals surface area contributed by atoms with Crippen molar-refractivity contribution in [1.82, 2.24) is 14.7 Å². The van der Waals surface area contributed by atoms with Crippen LogP contribution in [0, 0.1) is 0 Å². The summed E-state index contributed by atoms with van der Waals surface area (Å²) in [5.74, 6) is 1.72. The molecular formula is C38H46Cl2N4O4S. The first-order chi connectivity index (χ1) is 23.3. The standard InChI is InChI=1S/C38H46Cl2N4O4S/c1-6-37(28-10-14-30(39)15-11-28)38(29-12-16-31(40)17-13-29)24-32-25-42(19-8-22-49(5,46)47)20-21-43(32)36(45)44(38)35(41-37)33-18-9-27(26(3)4)23-34(33)48-7-2/h9-18,23,26,32H,6-8,19-22,24-25H2,1-5H3/t32?,37-,38+/m0/s1. The second-order valence-electron chi connectivity index (χ2n) is 13.8. The van der Waals surface area contributed by atoms with Crippen LogP contribution in [-0.2, 0) is 20.9 Å². The summed E-state index contributed by atoms with van der Waals surface area (Å²) >= 11 is 12.9. The highest BCUT2D eigenvalue weighted by Gasteiger charge is 2.67. The maximum absolute atomic E-state index is 15.2. The van der Waals surface area contributed by atoms with Crippen LogP contribution in [0.2, 0.25) is 10.0 Å². The van der Waals surface area contributed by atoms with Gasteiger partial charge in [0, 0.05) is 42.0 Å². The van der Waals surface area contributed by atoms with Crippen LogP contribution in [0.1, 0.15) is 75.1 Å². The Balaban J connectivity index is 1.57. The van der Waals surface area contributed by atoms with Gasteiger partial charge in [0.2, 0.25) is 0 Å². The van der Waals surface area contributed by atoms with Gasteiger partial charge in [-0.3, -0.25) is 14.8 Å². The number of sulfone groups is 1. The van der Waals surface area contributed by atoms with Crippen LogP contribution in [0.3, 0.4) is 0 Å². The van der Waals surface area contributed by atoms with E-state index < -0.39 is 20.9 Å². The second kappa shape index (κ2) is 13.9. The third kappa shape index (κ3) is 6.48. The molecule has 0 bridgehead atoms. The van der Waals surface area contributed by atoms with E-state index in [1.54, 1.807) is 0 Å². The lowest BCUT2D eigenvalue weighted by molar-refractivity contribution is -0.0186. The topological polar surface area (TPSA) is 82.5 Å². The number of carbonyl (C=O) groups excluding carboxylic acids is 1. The molecule has 2 amide bonds. The van der Waals surface area contributed by atoms with Crippen LogP contribution in [0.25, 0.3) is 0 Å². The normalized spacial score (nSPS) is 24.2. The lowest BCUT2D eigenvalue weighted by Gasteiger charge is -2.58. The van der Waals surface area contributed by atoms with Crippen LogP contribution in [0.15, 0.2) is 71.7 Å². The minimum Gasteiger partial charge on any atom is -0.493 e. The third-order valence-electron chi connectivity index (χ3n) is 10.5. The van der Waals surface area contributed by atoms with Crippen LogP contribution in [0.5, 0.6) is 5.75 Å². The average Bonchev–Trinajstić information content (AvgIpc) is 3.37. The van der Waals surface area contributed by atoms with Gasteiger partial charge >= 0.3 is 6.03 Å². The van der Waals surface area contributed by atoms with Crippen molar-refractivity contribution < 1.29 is 17.9 Å². The third-order valence-corrected chi connectivity index (χ3v) is 12.0. The predicted octanol–water partition coefficient (Wildman–Crippen LogP) is 7.72. The Morgan fingerprint density at radius 3 is 2.20 bits per heavy atom. The van der Waals surface area contributed by atoms with Crippen LogP contribution in [-0.4, -0.2) is 85.8 Å². The van der Waals surface area contributed by atoms with Crippen molar-refractivity contribution >= 4 is 44.9 Å². The SMILES string of the molecule is CCOc1cc(C(C)C)ccc1C1=N[C@@](CC)(c2ccc(Cl)cc2)[C@]2(c3ccc(Cl)cc3)CC3CN(CCCS(C)(=O)=O)CCN3C(=O)N12. The highest BCUT2D eigenvalue weighted by atomic mass is 35.5. The minimum atomic E-state index is -3.06. The maximum Gasteiger partial charge on any atom is 0.326 e. The fourth-order valence-corrected chi connectivity index (χ4v) is 9.03. The molecule has 3 aliphatic heterocycles. The first-order valence-corrected chi connectivity index (χ1v) is 20.0. The lowest BCUT2D eigenvalue weighted by atomic mass is 9.63. The van der Waals surface area contributed by atoms with Crippen molar-refractivity contribution in [2.45, 2.75) is 70.0 Å². The number of fused-ring (bicyclic) bond motifs is 2. The Kier molecular flexibility index (Phi) is 10.1. The quantitative estimate of drug-likeness (QED) is 0.202. The van der Waals surface area contributed by atoms with Gasteiger partial charge in [-0.2, -0.15) is 0 Å². The van der Waals surface area contributed by atoms with Crippen molar-refractivity contribution in [2.24, 2.45) is 4.99 Å². The first-order valence-electron chi connectivity index (χ1n) is 17.2. The molecule has 0 aliphatic carbocycles. The molecule has 6 rings (SSSR count). The van der Waals surface area contributed by atoms with E-state index in [9.17, 15) is 8.42 Å². The molecule has 0 spiro atoms. The fraction of sp³-hybridized carbons (Fsp3) is 0.474. The summed E-state index contributed by atoms with van der Waals surface area (Å²) in [5.41, 5.74) is 2.02. The highest BCUT2D eigenvalue weighted by molar-refractivity contribution is 7.90. The molecule has 0 aromatic heterocycles. The molecule has 2 saturated heterocycles. The van der Waals surface area contributed by atoms with Gasteiger partial charge in [-0.15, -0.1) is 0 Å². The van der Waals surface area contributed by atoms with Gasteiger partial charge in [-0.1, -0.05) is 74.3 Å². The van der Waals surface area contributed by atoms with E-state index in [1.807, 2.05) is 65.3 Å². The summed E-state index contributed by atoms with van der Waals surface area (Å²) in [7, 11) is -3.06. The first kappa shape index (κ1) is 35.7. The number of hydrogen-bond acceptors (Lipinski definition) is 6. The Bertz CT molecular complexity index is 1830. The van der Waals surface area contributed by atoms with E-state index in [0.29, 0.717) is 79.6 Å². The number of benzene rings is 3. The summed E-state index contributed by atoms with van der Waals surface area (Å²) in [5, 5.41) is 1.24. The molecule has 49 heavy (non-hydrogen) atoms. The van der Waals surface area contributed by atoms with E-state index in [2.05, 4.69) is 43.9 Å². The number of nitrogens with zero attached hydrogens (tertiary/aromatic N) is 4. The van der Waals surface area contributed by atoms with Crippen molar-refractivity contribution in [3.05, 3.63) is 99.0 Å². The molecule has 0 radical (unpaired) electrons. The molecule has 3 heterocycles. The largest absolute Gasteiger partial charge is 0.493 e. The van der Waals surface area contributed by atoms with Crippen molar-refractivity contribution in [2.75, 3.05) is 44.8 Å². The number of halogens is 2. The van der Waals surface area contributed by atoms with E-state index in [0.717, 1.165) is 22.3 Å². The number of piperazine rings is 1. The molecule has 0 N–H and O–H groups in total. The fourth-order valence-electron chi connectivity index (χ4n) is 8.13. The summed E-state index contributed by atoms with van der Waals surface area (Å²) in [6.45, 7) is 11.4. The van der Waals surface area contributed by atoms with Gasteiger partial charge in [0.15, 0.2) is 0 Å². The maximum atomic E-state index is 15.2. The molecule has 8 nitrogen and oxygen atoms in total. The smallest absolute Gasteiger partial charge is 0.326 e. The van der Waals surface area contributed by atoms with Gasteiger partial charge in [0.1, 0.15) is 32.5 Å². The van der Waals surface area contributed by atoms with Crippen molar-refractivity contribution in [3.63, 3.8) is 0 Å². The minimum absolute atomic E-state index is 0.0968.